The predicted molar refractivity (Wildman–Crippen MR) is 133 cm³/mol. The molecule has 3 aromatic heterocycles. The Hall–Kier alpha value is -4.25. The van der Waals surface area contributed by atoms with E-state index in [1.54, 1.807) is 41.5 Å². The van der Waals surface area contributed by atoms with Gasteiger partial charge in [-0.05, 0) is 41.5 Å². The number of methoxy groups -OCH3 is 1. The Morgan fingerprint density at radius 3 is 2.53 bits per heavy atom. The molecule has 0 saturated carbocycles. The summed E-state index contributed by atoms with van der Waals surface area (Å²) in [7, 11) is -1.99. The van der Waals surface area contributed by atoms with Crippen molar-refractivity contribution in [1.82, 2.24) is 19.7 Å². The van der Waals surface area contributed by atoms with Crippen LogP contribution in [0.5, 0.6) is 5.75 Å². The summed E-state index contributed by atoms with van der Waals surface area (Å²) in [5.41, 5.74) is 4.74. The van der Waals surface area contributed by atoms with Crippen molar-refractivity contribution in [3.05, 3.63) is 84.4 Å². The van der Waals surface area contributed by atoms with Gasteiger partial charge in [0, 0.05) is 46.7 Å². The van der Waals surface area contributed by atoms with Crippen LogP contribution in [0.3, 0.4) is 0 Å². The number of aromatic amines is 1. The SMILES string of the molecule is COc1cc(-c2cnc3[nH]cc(-c4cnn(Cc5cc(F)cc(F)c5)c4)c3c2)ccc1NS(C)(=O)=O. The fraction of sp³-hybridized carbons (Fsp3) is 0.120. The Labute approximate surface area is 205 Å². The number of ether oxygens (including phenoxy) is 1. The monoisotopic (exact) mass is 509 g/mol. The van der Waals surface area contributed by atoms with Crippen molar-refractivity contribution < 1.29 is 21.9 Å². The van der Waals surface area contributed by atoms with E-state index in [0.29, 0.717) is 22.6 Å². The first-order valence-corrected chi connectivity index (χ1v) is 12.7. The summed E-state index contributed by atoms with van der Waals surface area (Å²) < 4.78 is 59.7. The van der Waals surface area contributed by atoms with Gasteiger partial charge in [0.05, 0.1) is 31.8 Å². The highest BCUT2D eigenvalue weighted by Crippen LogP contribution is 2.34. The van der Waals surface area contributed by atoms with E-state index < -0.39 is 21.7 Å². The maximum Gasteiger partial charge on any atom is 0.229 e. The molecule has 0 bridgehead atoms. The lowest BCUT2D eigenvalue weighted by Crippen LogP contribution is -2.10. The minimum atomic E-state index is -3.46. The molecule has 8 nitrogen and oxygen atoms in total. The van der Waals surface area contributed by atoms with Crippen molar-refractivity contribution in [3.8, 4) is 28.0 Å². The van der Waals surface area contributed by atoms with E-state index in [2.05, 4.69) is 19.8 Å². The van der Waals surface area contributed by atoms with Crippen LogP contribution in [-0.2, 0) is 16.6 Å². The van der Waals surface area contributed by atoms with Crippen LogP contribution in [0.4, 0.5) is 14.5 Å². The second kappa shape index (κ2) is 9.08. The van der Waals surface area contributed by atoms with Crippen molar-refractivity contribution in [2.45, 2.75) is 6.54 Å². The molecule has 0 aliphatic heterocycles. The van der Waals surface area contributed by atoms with E-state index in [-0.39, 0.29) is 6.54 Å². The lowest BCUT2D eigenvalue weighted by atomic mass is 10.0. The molecule has 2 N–H and O–H groups in total. The summed E-state index contributed by atoms with van der Waals surface area (Å²) in [4.78, 5) is 7.66. The number of nitrogens with one attached hydrogen (secondary N) is 2. The van der Waals surface area contributed by atoms with Crippen molar-refractivity contribution in [3.63, 3.8) is 0 Å². The number of anilines is 1. The summed E-state index contributed by atoms with van der Waals surface area (Å²) >= 11 is 0. The molecule has 11 heteroatoms. The maximum absolute atomic E-state index is 13.5. The van der Waals surface area contributed by atoms with Crippen LogP contribution in [0.2, 0.25) is 0 Å². The van der Waals surface area contributed by atoms with E-state index in [4.69, 9.17) is 4.74 Å². The quantitative estimate of drug-likeness (QED) is 0.328. The summed E-state index contributed by atoms with van der Waals surface area (Å²) in [5.74, 6) is -0.892. The number of sulfonamides is 1. The number of rotatable bonds is 7. The minimum Gasteiger partial charge on any atom is -0.495 e. The predicted octanol–water partition coefficient (Wildman–Crippen LogP) is 4.80. The Morgan fingerprint density at radius 2 is 1.81 bits per heavy atom. The smallest absolute Gasteiger partial charge is 0.229 e. The summed E-state index contributed by atoms with van der Waals surface area (Å²) in [6, 6.07) is 10.5. The first kappa shape index (κ1) is 23.5. The summed E-state index contributed by atoms with van der Waals surface area (Å²) in [6.07, 6.45) is 8.09. The van der Waals surface area contributed by atoms with Crippen LogP contribution < -0.4 is 9.46 Å². The maximum atomic E-state index is 13.5. The molecule has 0 fully saturated rings. The third-order valence-electron chi connectivity index (χ3n) is 5.57. The molecule has 5 aromatic rings. The highest BCUT2D eigenvalue weighted by atomic mass is 32.2. The Balaban J connectivity index is 1.47. The van der Waals surface area contributed by atoms with E-state index in [9.17, 15) is 17.2 Å². The molecule has 0 aliphatic carbocycles. The summed E-state index contributed by atoms with van der Waals surface area (Å²) in [5, 5.41) is 5.19. The number of halogens is 2. The zero-order chi connectivity index (χ0) is 25.4. The molecule has 3 heterocycles. The molecule has 0 atom stereocenters. The number of pyridine rings is 1. The van der Waals surface area contributed by atoms with E-state index in [1.807, 2.05) is 12.3 Å². The van der Waals surface area contributed by atoms with Crippen LogP contribution in [0.25, 0.3) is 33.3 Å². The van der Waals surface area contributed by atoms with E-state index >= 15 is 0 Å². The molecular weight excluding hydrogens is 488 g/mol. The van der Waals surface area contributed by atoms with Gasteiger partial charge in [0.25, 0.3) is 0 Å². The average molecular weight is 510 g/mol. The molecule has 0 radical (unpaired) electrons. The second-order valence-corrected chi connectivity index (χ2v) is 10.1. The topological polar surface area (TPSA) is 102 Å². The van der Waals surface area contributed by atoms with Crippen molar-refractivity contribution >= 4 is 26.7 Å². The molecule has 36 heavy (non-hydrogen) atoms. The minimum absolute atomic E-state index is 0.216. The van der Waals surface area contributed by atoms with Gasteiger partial charge < -0.3 is 9.72 Å². The molecular formula is C25H21F2N5O3S. The Morgan fingerprint density at radius 1 is 1.03 bits per heavy atom. The fourth-order valence-electron chi connectivity index (χ4n) is 4.03. The van der Waals surface area contributed by atoms with Gasteiger partial charge in [-0.1, -0.05) is 6.07 Å². The van der Waals surface area contributed by atoms with Crippen LogP contribution >= 0.6 is 0 Å². The average Bonchev–Trinajstić information content (AvgIpc) is 3.44. The largest absolute Gasteiger partial charge is 0.495 e. The molecule has 2 aromatic carbocycles. The third-order valence-corrected chi connectivity index (χ3v) is 6.16. The summed E-state index contributed by atoms with van der Waals surface area (Å²) in [6.45, 7) is 0.216. The van der Waals surface area contributed by atoms with E-state index in [1.165, 1.54) is 19.2 Å². The van der Waals surface area contributed by atoms with Gasteiger partial charge >= 0.3 is 0 Å². The molecule has 0 aliphatic rings. The van der Waals surface area contributed by atoms with Gasteiger partial charge in [0.2, 0.25) is 10.0 Å². The molecule has 0 saturated heterocycles. The number of hydrogen-bond acceptors (Lipinski definition) is 5. The van der Waals surface area contributed by atoms with Gasteiger partial charge in [0.1, 0.15) is 23.0 Å². The van der Waals surface area contributed by atoms with Gasteiger partial charge in [-0.25, -0.2) is 22.2 Å². The fourth-order valence-corrected chi connectivity index (χ4v) is 4.60. The van der Waals surface area contributed by atoms with Gasteiger partial charge in [0.15, 0.2) is 0 Å². The van der Waals surface area contributed by atoms with Gasteiger partial charge in [-0.2, -0.15) is 5.10 Å². The highest BCUT2D eigenvalue weighted by molar-refractivity contribution is 7.92. The zero-order valence-corrected chi connectivity index (χ0v) is 20.1. The lowest BCUT2D eigenvalue weighted by molar-refractivity contribution is 0.417. The van der Waals surface area contributed by atoms with Crippen molar-refractivity contribution in [2.75, 3.05) is 18.1 Å². The molecule has 0 unspecified atom stereocenters. The standard InChI is InChI=1S/C25H21F2N5O3S/c1-35-24-8-16(3-4-23(24)31-36(2,33)34)17-7-21-22(12-29-25(21)28-10-17)18-11-30-32(14-18)13-15-5-19(26)9-20(27)6-15/h3-12,14,31H,13H2,1-2H3,(H,28,29). The number of H-pyrrole nitrogens is 1. The highest BCUT2D eigenvalue weighted by Gasteiger charge is 2.14. The first-order valence-electron chi connectivity index (χ1n) is 10.8. The third kappa shape index (κ3) is 4.91. The molecule has 0 amide bonds. The second-order valence-electron chi connectivity index (χ2n) is 8.32. The molecule has 184 valence electrons. The number of hydrogen-bond donors (Lipinski definition) is 2. The van der Waals surface area contributed by atoms with E-state index in [0.717, 1.165) is 40.0 Å². The number of nitrogens with zero attached hydrogens (tertiary/aromatic N) is 3. The van der Waals surface area contributed by atoms with Crippen LogP contribution in [-0.4, -0.2) is 41.5 Å². The normalized spacial score (nSPS) is 11.7. The van der Waals surface area contributed by atoms with Crippen molar-refractivity contribution in [2.24, 2.45) is 0 Å². The van der Waals surface area contributed by atoms with Crippen molar-refractivity contribution in [1.29, 1.82) is 0 Å². The van der Waals surface area contributed by atoms with Crippen LogP contribution in [0.15, 0.2) is 67.3 Å². The van der Waals surface area contributed by atoms with Crippen LogP contribution in [0, 0.1) is 11.6 Å². The number of aromatic nitrogens is 4. The number of benzene rings is 2. The first-order chi connectivity index (χ1) is 17.2. The molecule has 0 spiro atoms. The Bertz CT molecular complexity index is 1680. The van der Waals surface area contributed by atoms with Gasteiger partial charge in [-0.3, -0.25) is 9.40 Å². The molecule has 5 rings (SSSR count). The number of fused-ring (bicyclic) bond motifs is 1. The van der Waals surface area contributed by atoms with Crippen LogP contribution in [0.1, 0.15) is 5.56 Å². The zero-order valence-electron chi connectivity index (χ0n) is 19.3. The van der Waals surface area contributed by atoms with Gasteiger partial charge in [-0.15, -0.1) is 0 Å². The Kier molecular flexibility index (Phi) is 5.92. The lowest BCUT2D eigenvalue weighted by Gasteiger charge is -2.12.